The summed E-state index contributed by atoms with van der Waals surface area (Å²) in [7, 11) is 0. The summed E-state index contributed by atoms with van der Waals surface area (Å²) in [5, 5.41) is 3.31. The van der Waals surface area contributed by atoms with E-state index < -0.39 is 33.8 Å². The maximum atomic E-state index is 12.3. The largest absolute Gasteiger partial charge is 0.466 e. The monoisotopic (exact) mass is 1510 g/mol. The average molecular weight is 1510 g/mol. The van der Waals surface area contributed by atoms with Crippen LogP contribution in [-0.2, 0) is 67.7 Å². The van der Waals surface area contributed by atoms with Crippen molar-refractivity contribution in [2.75, 3.05) is 70.8 Å². The molecule has 17 nitrogen and oxygen atoms in total. The fourth-order valence-electron chi connectivity index (χ4n) is 10.1. The first-order chi connectivity index (χ1) is 45.3. The van der Waals surface area contributed by atoms with Crippen LogP contribution in [0.4, 0.5) is 9.59 Å². The van der Waals surface area contributed by atoms with E-state index in [2.05, 4.69) is 67.9 Å². The number of nitrogens with one attached hydrogen (secondary N) is 1. The van der Waals surface area contributed by atoms with Gasteiger partial charge in [0.2, 0.25) is 6.54 Å². The Bertz CT molecular complexity index is 3250. The van der Waals surface area contributed by atoms with E-state index in [0.717, 1.165) is 98.9 Å². The quantitative estimate of drug-likeness (QED) is 0.0267. The zero-order chi connectivity index (χ0) is 70.9. The van der Waals surface area contributed by atoms with Gasteiger partial charge in [-0.25, -0.2) is 45.5 Å². The van der Waals surface area contributed by atoms with E-state index in [1.807, 2.05) is 146 Å². The van der Waals surface area contributed by atoms with E-state index >= 15 is 0 Å². The number of nitrogens with zero attached hydrogens (tertiary/aromatic N) is 6. The minimum absolute atomic E-state index is 0. The van der Waals surface area contributed by atoms with Gasteiger partial charge in [0, 0.05) is 134 Å². The first kappa shape index (κ1) is 87.1. The van der Waals surface area contributed by atoms with Crippen molar-refractivity contribution in [3.8, 4) is 0 Å². The molecule has 0 bridgehead atoms. The van der Waals surface area contributed by atoms with Crippen LogP contribution < -0.4 is 5.32 Å². The molecule has 0 radical (unpaired) electrons. The highest BCUT2D eigenvalue weighted by Crippen LogP contribution is 2.42. The summed E-state index contributed by atoms with van der Waals surface area (Å²) >= 11 is 17.7. The number of piperidine rings is 3. The third-order valence-electron chi connectivity index (χ3n) is 14.9. The number of aryl methyl sites for hydroxylation is 1. The summed E-state index contributed by atoms with van der Waals surface area (Å²) in [4.78, 5) is 76.2. The van der Waals surface area contributed by atoms with Gasteiger partial charge in [-0.2, -0.15) is 0 Å². The Labute approximate surface area is 604 Å². The number of hydrogen-bond donors (Lipinski definition) is 1. The van der Waals surface area contributed by atoms with Gasteiger partial charge in [0.25, 0.3) is 16.6 Å². The van der Waals surface area contributed by atoms with E-state index in [1.54, 1.807) is 29.7 Å². The highest BCUT2D eigenvalue weighted by Gasteiger charge is 2.47. The molecule has 0 aromatic heterocycles. The zero-order valence-corrected chi connectivity index (χ0v) is 62.6. The Kier molecular flexibility index (Phi) is 42.0. The summed E-state index contributed by atoms with van der Waals surface area (Å²) in [5.41, 5.74) is 3.18. The lowest BCUT2D eigenvalue weighted by molar-refractivity contribution is -0.143. The van der Waals surface area contributed by atoms with Gasteiger partial charge < -0.3 is 58.2 Å². The summed E-state index contributed by atoms with van der Waals surface area (Å²) in [5.74, 6) is 0.610. The summed E-state index contributed by atoms with van der Waals surface area (Å²) in [6.07, 6.45) is 11.9. The number of carbonyl (C=O) groups is 5. The van der Waals surface area contributed by atoms with E-state index in [1.165, 1.54) is 12.5 Å². The van der Waals surface area contributed by atoms with Crippen molar-refractivity contribution < 1.29 is 47.7 Å². The standard InChI is InChI=1S/C22H28N2O4.C17H21BrN2O2.C17H22N2O2.C8H6BrN.C5H10Cl2.C5H8O2.ClH/c1-6-27-19(25)12-11-17-9-7-8-10-18(17)22(23-5)13-15-24(16-14-22)20(26)28-21(2,3)4;1-16(2,3)22-15(21)20-11-9-17(19-4,10-12-20)13-7-5-6-8-14(13)18;1-3-21-16(20)9-8-14-6-4-5-7-15(14)17(18-2)10-12-19-13-11-17;1-10-6-7-4-2-3-5-8(7)9;6-4-2-1-3-5-7;1-3-5(6)7-4-2;/h7-12H,6,13-16H2,1-4H3;5-8H,9-12H2,1-3H3;4-7,19H,3,8-13H2,1H3;2-5H,6H2;1-5H2;3H,1,4H2,2H3;1H/b12-11+;;;;;;. The predicted molar refractivity (Wildman–Crippen MR) is 392 cm³/mol. The number of ether oxygens (including phenoxy) is 5. The fourth-order valence-corrected chi connectivity index (χ4v) is 11.6. The van der Waals surface area contributed by atoms with Crippen molar-refractivity contribution in [3.05, 3.63) is 204 Å². The van der Waals surface area contributed by atoms with Crippen molar-refractivity contribution in [1.82, 2.24) is 15.1 Å². The van der Waals surface area contributed by atoms with E-state index in [0.29, 0.717) is 91.1 Å². The van der Waals surface area contributed by atoms with Gasteiger partial charge in [-0.3, -0.25) is 4.79 Å². The van der Waals surface area contributed by atoms with Crippen LogP contribution in [0.5, 0.6) is 0 Å². The second kappa shape index (κ2) is 46.3. The van der Waals surface area contributed by atoms with E-state index in [-0.39, 0.29) is 36.5 Å². The molecule has 3 fully saturated rings. The van der Waals surface area contributed by atoms with Crippen molar-refractivity contribution >= 4 is 104 Å². The Balaban J connectivity index is 0.000000615. The summed E-state index contributed by atoms with van der Waals surface area (Å²) in [6.45, 7) is 54.8. The van der Waals surface area contributed by atoms with Crippen LogP contribution in [0.15, 0.2) is 125 Å². The number of carbonyl (C=O) groups excluding carboxylic acids is 5. The molecular weight excluding hydrogens is 1410 g/mol. The molecule has 3 aliphatic rings. The molecule has 22 heteroatoms. The second-order valence-electron chi connectivity index (χ2n) is 24.0. The molecule has 3 aliphatic heterocycles. The normalized spacial score (nSPS) is 14.7. The number of amides is 2. The highest BCUT2D eigenvalue weighted by atomic mass is 79.9. The number of unbranched alkanes of at least 4 members (excludes halogenated alkanes) is 2. The van der Waals surface area contributed by atoms with Gasteiger partial charge in [0.15, 0.2) is 0 Å². The molecule has 0 aliphatic carbocycles. The first-order valence-electron chi connectivity index (χ1n) is 32.0. The summed E-state index contributed by atoms with van der Waals surface area (Å²) < 4.78 is 27.2. The Morgan fingerprint density at radius 1 is 0.573 bits per heavy atom. The Morgan fingerprint density at radius 2 is 0.990 bits per heavy atom. The van der Waals surface area contributed by atoms with Crippen molar-refractivity contribution in [2.24, 2.45) is 0 Å². The number of hydrogen-bond acceptors (Lipinski definition) is 11. The van der Waals surface area contributed by atoms with Crippen LogP contribution in [0.3, 0.4) is 0 Å². The molecule has 3 saturated heterocycles. The second-order valence-corrected chi connectivity index (χ2v) is 26.5. The number of rotatable bonds is 17. The minimum Gasteiger partial charge on any atom is -0.466 e. The third kappa shape index (κ3) is 31.1. The maximum Gasteiger partial charge on any atom is 0.410 e. The van der Waals surface area contributed by atoms with Gasteiger partial charge in [-0.1, -0.05) is 124 Å². The van der Waals surface area contributed by atoms with Gasteiger partial charge in [0.1, 0.15) is 11.2 Å². The molecule has 522 valence electrons. The average Bonchev–Trinajstić information content (AvgIpc) is 0.801. The van der Waals surface area contributed by atoms with Crippen molar-refractivity contribution in [2.45, 2.75) is 167 Å². The minimum atomic E-state index is -0.728. The van der Waals surface area contributed by atoms with Gasteiger partial charge in [-0.05, 0) is 117 Å². The molecule has 4 aromatic carbocycles. The number of esters is 3. The molecule has 3 heterocycles. The molecule has 4 aromatic rings. The van der Waals surface area contributed by atoms with E-state index in [4.69, 9.17) is 68.4 Å². The highest BCUT2D eigenvalue weighted by molar-refractivity contribution is 9.10. The number of benzene rings is 4. The molecule has 7 rings (SSSR count). The molecule has 1 N–H and O–H groups in total. The van der Waals surface area contributed by atoms with Gasteiger partial charge in [-0.15, -0.1) is 35.6 Å². The third-order valence-corrected chi connectivity index (χ3v) is 16.9. The lowest BCUT2D eigenvalue weighted by Crippen LogP contribution is -2.46. The molecule has 2 amide bonds. The van der Waals surface area contributed by atoms with Crippen LogP contribution in [0, 0.1) is 26.3 Å². The summed E-state index contributed by atoms with van der Waals surface area (Å²) in [6, 6.07) is 31.2. The topological polar surface area (TPSA) is 167 Å². The SMILES string of the molecule is C=CC(=O)OCC.Cl.ClCCCCCCl.[C-]#[N+]C1(c2ccccc2/C=C/C(=O)OCC)CCN(C(=O)OC(C)(C)C)CC1.[C-]#[N+]C1(c2ccccc2Br)CCN(C(=O)OC(C)(C)C)CC1.[C-]#[N+]C1(c2ccccc2CCC(=O)OCC)CCNCC1.[C-]#[N+]Cc1ccccc1Br. The lowest BCUT2D eigenvalue weighted by atomic mass is 9.79. The molecule has 0 atom stereocenters. The molecule has 0 saturated carbocycles. The number of alkyl halides is 2. The van der Waals surface area contributed by atoms with E-state index in [9.17, 15) is 24.0 Å². The molecule has 0 unspecified atom stereocenters. The molecular formula is C74H96Br2Cl3N7O10. The van der Waals surface area contributed by atoms with Gasteiger partial charge >= 0.3 is 30.1 Å². The smallest absolute Gasteiger partial charge is 0.410 e. The Hall–Kier alpha value is -6.94. The predicted octanol–water partition coefficient (Wildman–Crippen LogP) is 18.3. The van der Waals surface area contributed by atoms with Gasteiger partial charge in [0.05, 0.1) is 25.4 Å². The molecule has 96 heavy (non-hydrogen) atoms. The van der Waals surface area contributed by atoms with Crippen molar-refractivity contribution in [1.29, 1.82) is 0 Å². The van der Waals surface area contributed by atoms with Crippen LogP contribution in [-0.4, -0.2) is 122 Å². The zero-order valence-electron chi connectivity index (χ0n) is 57.1. The molecule has 0 spiro atoms. The first-order valence-corrected chi connectivity index (χ1v) is 34.7. The van der Waals surface area contributed by atoms with Crippen LogP contribution in [0.2, 0.25) is 0 Å². The number of halogens is 5. The Morgan fingerprint density at radius 3 is 1.42 bits per heavy atom. The van der Waals surface area contributed by atoms with Crippen LogP contribution in [0.25, 0.3) is 25.5 Å². The van der Waals surface area contributed by atoms with Crippen LogP contribution >= 0.6 is 67.5 Å². The number of likely N-dealkylation sites (tertiary alicyclic amines) is 2. The van der Waals surface area contributed by atoms with Crippen LogP contribution in [0.1, 0.15) is 160 Å². The lowest BCUT2D eigenvalue weighted by Gasteiger charge is -2.35. The van der Waals surface area contributed by atoms with Crippen molar-refractivity contribution in [3.63, 3.8) is 0 Å². The fraction of sp³-hybridized carbons (Fsp3) is 0.500. The maximum absolute atomic E-state index is 12.3.